The van der Waals surface area contributed by atoms with Gasteiger partial charge in [0.05, 0.1) is 4.90 Å². The predicted molar refractivity (Wildman–Crippen MR) is 140 cm³/mol. The van der Waals surface area contributed by atoms with E-state index < -0.39 is 16.1 Å². The average Bonchev–Trinajstić information content (AvgIpc) is 2.82. The Kier molecular flexibility index (Phi) is 11.0. The summed E-state index contributed by atoms with van der Waals surface area (Å²) in [4.78, 5) is 27.6. The number of benzene rings is 2. The van der Waals surface area contributed by atoms with Gasteiger partial charge in [0.15, 0.2) is 0 Å². The van der Waals surface area contributed by atoms with Crippen molar-refractivity contribution < 1.29 is 18.0 Å². The van der Waals surface area contributed by atoms with Gasteiger partial charge in [0, 0.05) is 48.7 Å². The van der Waals surface area contributed by atoms with Gasteiger partial charge < -0.3 is 10.2 Å². The standard InChI is InChI=1S/C25H33Cl2N3O4S/c1-18(2)16-28-25(32)19(3)30(17-21-22(26)12-8-13-23(21)27)24(31)14-9-15-29(4)35(33,34)20-10-6-5-7-11-20/h5-8,10-13,18-19H,9,14-17H2,1-4H3,(H,28,32). The molecule has 192 valence electrons. The molecule has 2 amide bonds. The highest BCUT2D eigenvalue weighted by Crippen LogP contribution is 2.27. The van der Waals surface area contributed by atoms with Crippen LogP contribution >= 0.6 is 23.2 Å². The van der Waals surface area contributed by atoms with Crippen LogP contribution in [0.4, 0.5) is 0 Å². The minimum absolute atomic E-state index is 0.0541. The average molecular weight is 543 g/mol. The Labute approximate surface area is 218 Å². The van der Waals surface area contributed by atoms with Crippen molar-refractivity contribution in [2.45, 2.75) is 51.1 Å². The first-order valence-electron chi connectivity index (χ1n) is 11.5. The fourth-order valence-corrected chi connectivity index (χ4v) is 5.13. The largest absolute Gasteiger partial charge is 0.354 e. The monoisotopic (exact) mass is 541 g/mol. The van der Waals surface area contributed by atoms with Gasteiger partial charge in [0.1, 0.15) is 6.04 Å². The molecule has 0 radical (unpaired) electrons. The van der Waals surface area contributed by atoms with Crippen molar-refractivity contribution in [2.24, 2.45) is 5.92 Å². The Hall–Kier alpha value is -2.13. The number of nitrogens with one attached hydrogen (secondary N) is 1. The molecule has 1 unspecified atom stereocenters. The second kappa shape index (κ2) is 13.3. The lowest BCUT2D eigenvalue weighted by Gasteiger charge is -2.30. The summed E-state index contributed by atoms with van der Waals surface area (Å²) >= 11 is 12.6. The first-order valence-corrected chi connectivity index (χ1v) is 13.7. The van der Waals surface area contributed by atoms with Crippen LogP contribution in [0.2, 0.25) is 10.0 Å². The van der Waals surface area contributed by atoms with E-state index in [9.17, 15) is 18.0 Å². The van der Waals surface area contributed by atoms with Crippen molar-refractivity contribution >= 4 is 45.0 Å². The number of rotatable bonds is 12. The third-order valence-electron chi connectivity index (χ3n) is 5.56. The molecule has 1 atom stereocenters. The summed E-state index contributed by atoms with van der Waals surface area (Å²) in [7, 11) is -2.17. The Morgan fingerprint density at radius 1 is 0.971 bits per heavy atom. The molecule has 0 aliphatic heterocycles. The Morgan fingerprint density at radius 3 is 2.14 bits per heavy atom. The molecular formula is C25H33Cl2N3O4S. The molecule has 0 saturated carbocycles. The number of hydrogen-bond donors (Lipinski definition) is 1. The first-order chi connectivity index (χ1) is 16.4. The molecule has 2 aromatic carbocycles. The van der Waals surface area contributed by atoms with E-state index in [2.05, 4.69) is 5.32 Å². The molecule has 7 nitrogen and oxygen atoms in total. The third-order valence-corrected chi connectivity index (χ3v) is 8.14. The van der Waals surface area contributed by atoms with Gasteiger partial charge in [-0.3, -0.25) is 9.59 Å². The molecular weight excluding hydrogens is 509 g/mol. The molecule has 0 aliphatic rings. The second-order valence-electron chi connectivity index (χ2n) is 8.78. The number of nitrogens with zero attached hydrogens (tertiary/aromatic N) is 2. The second-order valence-corrected chi connectivity index (χ2v) is 11.6. The lowest BCUT2D eigenvalue weighted by Crippen LogP contribution is -2.48. The molecule has 0 aromatic heterocycles. The molecule has 0 bridgehead atoms. The fourth-order valence-electron chi connectivity index (χ4n) is 3.38. The number of hydrogen-bond acceptors (Lipinski definition) is 4. The topological polar surface area (TPSA) is 86.8 Å². The lowest BCUT2D eigenvalue weighted by molar-refractivity contribution is -0.140. The Balaban J connectivity index is 2.13. The molecule has 0 saturated heterocycles. The van der Waals surface area contributed by atoms with Crippen molar-refractivity contribution in [1.29, 1.82) is 0 Å². The number of amides is 2. The zero-order valence-electron chi connectivity index (χ0n) is 20.5. The Morgan fingerprint density at radius 2 is 1.57 bits per heavy atom. The smallest absolute Gasteiger partial charge is 0.242 e. The van der Waals surface area contributed by atoms with Gasteiger partial charge in [0.25, 0.3) is 0 Å². The van der Waals surface area contributed by atoms with Crippen molar-refractivity contribution in [1.82, 2.24) is 14.5 Å². The molecule has 0 heterocycles. The van der Waals surface area contributed by atoms with E-state index in [0.717, 1.165) is 0 Å². The van der Waals surface area contributed by atoms with Gasteiger partial charge >= 0.3 is 0 Å². The van der Waals surface area contributed by atoms with Gasteiger partial charge in [-0.2, -0.15) is 0 Å². The highest BCUT2D eigenvalue weighted by atomic mass is 35.5. The molecule has 1 N–H and O–H groups in total. The van der Waals surface area contributed by atoms with E-state index in [1.165, 1.54) is 28.4 Å². The van der Waals surface area contributed by atoms with Crippen molar-refractivity contribution in [2.75, 3.05) is 20.1 Å². The van der Waals surface area contributed by atoms with E-state index in [-0.39, 0.29) is 48.6 Å². The molecule has 0 fully saturated rings. The highest BCUT2D eigenvalue weighted by molar-refractivity contribution is 7.89. The maximum atomic E-state index is 13.2. The van der Waals surface area contributed by atoms with Crippen LogP contribution in [0.1, 0.15) is 39.2 Å². The zero-order chi connectivity index (χ0) is 26.2. The number of sulfonamides is 1. The molecule has 0 spiro atoms. The molecule has 2 rings (SSSR count). The normalized spacial score (nSPS) is 12.6. The maximum absolute atomic E-state index is 13.2. The predicted octanol–water partition coefficient (Wildman–Crippen LogP) is 4.58. The van der Waals surface area contributed by atoms with Crippen LogP contribution in [0.15, 0.2) is 53.4 Å². The quantitative estimate of drug-likeness (QED) is 0.425. The van der Waals surface area contributed by atoms with Gasteiger partial charge in [-0.05, 0) is 43.5 Å². The summed E-state index contributed by atoms with van der Waals surface area (Å²) in [6.45, 7) is 6.32. The van der Waals surface area contributed by atoms with Crippen LogP contribution in [0.25, 0.3) is 0 Å². The van der Waals surface area contributed by atoms with Gasteiger partial charge in [-0.25, -0.2) is 12.7 Å². The van der Waals surface area contributed by atoms with Gasteiger partial charge in [0.2, 0.25) is 21.8 Å². The van der Waals surface area contributed by atoms with Crippen LogP contribution in [0.5, 0.6) is 0 Å². The number of carbonyl (C=O) groups is 2. The summed E-state index contributed by atoms with van der Waals surface area (Å²) in [6.07, 6.45) is 0.340. The van der Waals surface area contributed by atoms with E-state index in [0.29, 0.717) is 22.2 Å². The van der Waals surface area contributed by atoms with Crippen molar-refractivity contribution in [3.63, 3.8) is 0 Å². The number of halogens is 2. The van der Waals surface area contributed by atoms with Crippen molar-refractivity contribution in [3.05, 3.63) is 64.1 Å². The van der Waals surface area contributed by atoms with Crippen LogP contribution in [-0.2, 0) is 26.2 Å². The minimum atomic E-state index is -3.65. The van der Waals surface area contributed by atoms with Crippen molar-refractivity contribution in [3.8, 4) is 0 Å². The van der Waals surface area contributed by atoms with E-state index in [1.807, 2.05) is 13.8 Å². The lowest BCUT2D eigenvalue weighted by atomic mass is 10.1. The summed E-state index contributed by atoms with van der Waals surface area (Å²) in [6, 6.07) is 12.4. The van der Waals surface area contributed by atoms with E-state index in [4.69, 9.17) is 23.2 Å². The van der Waals surface area contributed by atoms with Gasteiger partial charge in [-0.1, -0.05) is 61.3 Å². The maximum Gasteiger partial charge on any atom is 0.242 e. The summed E-state index contributed by atoms with van der Waals surface area (Å²) in [5.41, 5.74) is 0.552. The molecule has 10 heteroatoms. The van der Waals surface area contributed by atoms with Crippen LogP contribution in [0, 0.1) is 5.92 Å². The summed E-state index contributed by atoms with van der Waals surface area (Å²) in [5, 5.41) is 3.66. The third kappa shape index (κ3) is 8.20. The van der Waals surface area contributed by atoms with Crippen LogP contribution in [0.3, 0.4) is 0 Å². The summed E-state index contributed by atoms with van der Waals surface area (Å²) < 4.78 is 26.7. The minimum Gasteiger partial charge on any atom is -0.354 e. The van der Waals surface area contributed by atoms with E-state index in [1.54, 1.807) is 43.3 Å². The highest BCUT2D eigenvalue weighted by Gasteiger charge is 2.28. The molecule has 35 heavy (non-hydrogen) atoms. The van der Waals surface area contributed by atoms with Gasteiger partial charge in [-0.15, -0.1) is 0 Å². The van der Waals surface area contributed by atoms with Crippen LogP contribution in [-0.4, -0.2) is 55.6 Å². The first kappa shape index (κ1) is 29.1. The zero-order valence-corrected chi connectivity index (χ0v) is 22.8. The molecule has 0 aliphatic carbocycles. The Bertz CT molecular complexity index is 1090. The molecule has 2 aromatic rings. The van der Waals surface area contributed by atoms with E-state index >= 15 is 0 Å². The van der Waals surface area contributed by atoms with Crippen LogP contribution < -0.4 is 5.32 Å². The fraction of sp³-hybridized carbons (Fsp3) is 0.440. The summed E-state index contributed by atoms with van der Waals surface area (Å²) in [5.74, 6) is -0.312. The SMILES string of the molecule is CC(C)CNC(=O)C(C)N(Cc1c(Cl)cccc1Cl)C(=O)CCCN(C)S(=O)(=O)c1ccccc1. The number of carbonyl (C=O) groups excluding carboxylic acids is 2.